The minimum absolute atomic E-state index is 0.0162. The lowest BCUT2D eigenvalue weighted by molar-refractivity contribution is -0.139. The molecule has 0 bridgehead atoms. The van der Waals surface area contributed by atoms with E-state index in [2.05, 4.69) is 52.0 Å². The average molecular weight is 456 g/mol. The molecule has 0 aromatic heterocycles. The smallest absolute Gasteiger partial charge is 0.316 e. The highest BCUT2D eigenvalue weighted by atomic mass is 16.5. The highest BCUT2D eigenvalue weighted by Gasteiger charge is 2.37. The molecule has 0 aliphatic carbocycles. The lowest BCUT2D eigenvalue weighted by Crippen LogP contribution is -2.29. The third-order valence-electron chi connectivity index (χ3n) is 6.98. The van der Waals surface area contributed by atoms with Gasteiger partial charge in [-0.2, -0.15) is 0 Å². The molecule has 0 radical (unpaired) electrons. The number of aryl methyl sites for hydroxylation is 2. The number of nitrogens with zero attached hydrogens (tertiary/aromatic N) is 1. The van der Waals surface area contributed by atoms with Crippen LogP contribution in [0.1, 0.15) is 56.4 Å². The molecular formula is C30H33NO3. The summed E-state index contributed by atoms with van der Waals surface area (Å²) in [6.45, 7) is 8.91. The van der Waals surface area contributed by atoms with Gasteiger partial charge in [-0.25, -0.2) is 0 Å². The van der Waals surface area contributed by atoms with E-state index >= 15 is 0 Å². The maximum atomic E-state index is 12.9. The summed E-state index contributed by atoms with van der Waals surface area (Å²) in [6.07, 6.45) is 1.86. The lowest BCUT2D eigenvalue weighted by Gasteiger charge is -2.26. The van der Waals surface area contributed by atoms with E-state index in [1.54, 1.807) is 4.90 Å². The van der Waals surface area contributed by atoms with Crippen molar-refractivity contribution in [2.75, 3.05) is 11.4 Å². The molecule has 0 unspecified atom stereocenters. The van der Waals surface area contributed by atoms with Gasteiger partial charge in [0.05, 0.1) is 5.92 Å². The molecule has 1 saturated heterocycles. The number of ether oxygens (including phenoxy) is 1. The maximum absolute atomic E-state index is 12.9. The first-order chi connectivity index (χ1) is 16.3. The van der Waals surface area contributed by atoms with Gasteiger partial charge in [-0.05, 0) is 47.2 Å². The van der Waals surface area contributed by atoms with Gasteiger partial charge in [0.2, 0.25) is 5.91 Å². The summed E-state index contributed by atoms with van der Waals surface area (Å²) in [6, 6.07) is 24.2. The van der Waals surface area contributed by atoms with Crippen molar-refractivity contribution in [2.45, 2.75) is 52.4 Å². The Morgan fingerprint density at radius 1 is 0.882 bits per heavy atom. The zero-order valence-corrected chi connectivity index (χ0v) is 20.5. The van der Waals surface area contributed by atoms with Crippen LogP contribution in [0.2, 0.25) is 0 Å². The van der Waals surface area contributed by atoms with E-state index in [-0.39, 0.29) is 23.7 Å². The maximum Gasteiger partial charge on any atom is 0.316 e. The van der Waals surface area contributed by atoms with Crippen molar-refractivity contribution in [2.24, 2.45) is 5.92 Å². The Hall–Kier alpha value is -3.40. The molecule has 3 aromatic carbocycles. The van der Waals surface area contributed by atoms with Crippen LogP contribution >= 0.6 is 0 Å². The number of hydrogen-bond acceptors (Lipinski definition) is 3. The number of benzene rings is 3. The molecule has 1 aliphatic heterocycles. The van der Waals surface area contributed by atoms with Gasteiger partial charge in [0.15, 0.2) is 0 Å². The fourth-order valence-electron chi connectivity index (χ4n) is 4.80. The Morgan fingerprint density at radius 3 is 2.06 bits per heavy atom. The molecule has 1 aliphatic rings. The molecule has 1 atom stereocenters. The zero-order valence-electron chi connectivity index (χ0n) is 20.5. The fourth-order valence-corrected chi connectivity index (χ4v) is 4.80. The fraction of sp³-hybridized carbons (Fsp3) is 0.333. The van der Waals surface area contributed by atoms with E-state index in [1.807, 2.05) is 48.5 Å². The van der Waals surface area contributed by atoms with E-state index in [9.17, 15) is 9.59 Å². The molecule has 4 heteroatoms. The molecule has 34 heavy (non-hydrogen) atoms. The summed E-state index contributed by atoms with van der Waals surface area (Å²) in [7, 11) is 0. The van der Waals surface area contributed by atoms with Gasteiger partial charge in [0, 0.05) is 24.1 Å². The molecule has 176 valence electrons. The average Bonchev–Trinajstić information content (AvgIpc) is 3.25. The first-order valence-corrected chi connectivity index (χ1v) is 12.1. The summed E-state index contributed by atoms with van der Waals surface area (Å²) in [5.41, 5.74) is 5.45. The normalized spacial score (nSPS) is 16.1. The van der Waals surface area contributed by atoms with Crippen LogP contribution in [0, 0.1) is 5.92 Å². The van der Waals surface area contributed by atoms with Crippen LogP contribution in [0.5, 0.6) is 5.75 Å². The zero-order chi connectivity index (χ0) is 24.3. The molecule has 4 nitrogen and oxygen atoms in total. The van der Waals surface area contributed by atoms with Gasteiger partial charge >= 0.3 is 5.97 Å². The second kappa shape index (κ2) is 9.84. The largest absolute Gasteiger partial charge is 0.426 e. The Labute approximate surface area is 202 Å². The van der Waals surface area contributed by atoms with E-state index < -0.39 is 5.92 Å². The summed E-state index contributed by atoms with van der Waals surface area (Å²) < 4.78 is 5.70. The van der Waals surface area contributed by atoms with Crippen molar-refractivity contribution in [3.8, 4) is 5.75 Å². The summed E-state index contributed by atoms with van der Waals surface area (Å²) in [4.78, 5) is 27.6. The van der Waals surface area contributed by atoms with Crippen molar-refractivity contribution in [3.63, 3.8) is 0 Å². The third-order valence-corrected chi connectivity index (χ3v) is 6.98. The molecule has 1 heterocycles. The SMILES string of the molecule is CCc1cccc(CC)c1N1C[C@H](C(=O)Oc2ccc(C(C)(C)c3ccccc3)cc2)CC1=O. The van der Waals surface area contributed by atoms with Crippen LogP contribution in [0.15, 0.2) is 72.8 Å². The van der Waals surface area contributed by atoms with Gasteiger partial charge in [-0.3, -0.25) is 9.59 Å². The molecule has 3 aromatic rings. The standard InChI is InChI=1S/C30H33NO3/c1-5-21-11-10-12-22(6-2)28(21)31-20-23(19-27(31)32)29(33)34-26-17-15-25(16-18-26)30(3,4)24-13-8-7-9-14-24/h7-18,23H,5-6,19-20H2,1-4H3/t23-/m1/s1. The number of esters is 1. The summed E-state index contributed by atoms with van der Waals surface area (Å²) in [5, 5.41) is 0. The van der Waals surface area contributed by atoms with E-state index in [0.29, 0.717) is 12.3 Å². The van der Waals surface area contributed by atoms with Crippen LogP contribution in [0.25, 0.3) is 0 Å². The number of amides is 1. The van der Waals surface area contributed by atoms with Crippen LogP contribution in [-0.2, 0) is 27.8 Å². The minimum Gasteiger partial charge on any atom is -0.426 e. The molecule has 0 spiro atoms. The topological polar surface area (TPSA) is 46.6 Å². The predicted octanol–water partition coefficient (Wildman–Crippen LogP) is 6.10. The molecule has 0 N–H and O–H groups in total. The van der Waals surface area contributed by atoms with E-state index in [1.165, 1.54) is 5.56 Å². The molecule has 1 fully saturated rings. The van der Waals surface area contributed by atoms with Gasteiger partial charge < -0.3 is 9.64 Å². The Bertz CT molecular complexity index is 1140. The van der Waals surface area contributed by atoms with Crippen molar-refractivity contribution < 1.29 is 14.3 Å². The summed E-state index contributed by atoms with van der Waals surface area (Å²) >= 11 is 0. The number of rotatable bonds is 7. The van der Waals surface area contributed by atoms with Crippen LogP contribution in [-0.4, -0.2) is 18.4 Å². The van der Waals surface area contributed by atoms with E-state index in [4.69, 9.17) is 4.74 Å². The highest BCUT2D eigenvalue weighted by molar-refractivity contribution is 6.01. The monoisotopic (exact) mass is 455 g/mol. The molecular weight excluding hydrogens is 422 g/mol. The first kappa shape index (κ1) is 23.7. The Morgan fingerprint density at radius 2 is 1.47 bits per heavy atom. The van der Waals surface area contributed by atoms with Crippen molar-refractivity contribution in [1.82, 2.24) is 0 Å². The number of carbonyl (C=O) groups is 2. The van der Waals surface area contributed by atoms with Gasteiger partial charge in [0.25, 0.3) is 0 Å². The number of anilines is 1. The number of para-hydroxylation sites is 1. The molecule has 1 amide bonds. The third kappa shape index (κ3) is 4.63. The van der Waals surface area contributed by atoms with Gasteiger partial charge in [-0.15, -0.1) is 0 Å². The van der Waals surface area contributed by atoms with Crippen molar-refractivity contribution in [1.29, 1.82) is 0 Å². The minimum atomic E-state index is -0.470. The van der Waals surface area contributed by atoms with Crippen LogP contribution in [0.4, 0.5) is 5.69 Å². The van der Waals surface area contributed by atoms with Gasteiger partial charge in [0.1, 0.15) is 5.75 Å². The highest BCUT2D eigenvalue weighted by Crippen LogP contribution is 2.34. The number of hydrogen-bond donors (Lipinski definition) is 0. The molecule has 4 rings (SSSR count). The Balaban J connectivity index is 1.47. The van der Waals surface area contributed by atoms with Crippen LogP contribution < -0.4 is 9.64 Å². The van der Waals surface area contributed by atoms with E-state index in [0.717, 1.165) is 35.2 Å². The predicted molar refractivity (Wildman–Crippen MR) is 136 cm³/mol. The second-order valence-corrected chi connectivity index (χ2v) is 9.47. The number of carbonyl (C=O) groups excluding carboxylic acids is 2. The van der Waals surface area contributed by atoms with Crippen molar-refractivity contribution in [3.05, 3.63) is 95.1 Å². The van der Waals surface area contributed by atoms with Crippen molar-refractivity contribution >= 4 is 17.6 Å². The first-order valence-electron chi connectivity index (χ1n) is 12.1. The second-order valence-electron chi connectivity index (χ2n) is 9.47. The Kier molecular flexibility index (Phi) is 6.87. The molecule has 0 saturated carbocycles. The quantitative estimate of drug-likeness (QED) is 0.320. The lowest BCUT2D eigenvalue weighted by atomic mass is 9.78. The summed E-state index contributed by atoms with van der Waals surface area (Å²) in [5.74, 6) is -0.329. The van der Waals surface area contributed by atoms with Gasteiger partial charge in [-0.1, -0.05) is 88.4 Å². The van der Waals surface area contributed by atoms with Crippen LogP contribution in [0.3, 0.4) is 0 Å².